The fraction of sp³-hybridized carbons (Fsp3) is 0.600. The topological polar surface area (TPSA) is 46.4 Å². The van der Waals surface area contributed by atoms with E-state index < -0.39 is 0 Å². The van der Waals surface area contributed by atoms with Crippen molar-refractivity contribution in [1.29, 1.82) is 0 Å². The zero-order valence-electron chi connectivity index (χ0n) is 12.1. The van der Waals surface area contributed by atoms with Gasteiger partial charge in [0.1, 0.15) is 0 Å². The molecule has 0 aliphatic carbocycles. The molecule has 0 saturated heterocycles. The van der Waals surface area contributed by atoms with Gasteiger partial charge < -0.3 is 4.90 Å². The second-order valence-corrected chi connectivity index (χ2v) is 5.05. The lowest BCUT2D eigenvalue weighted by Crippen LogP contribution is -2.29. The minimum absolute atomic E-state index is 0.182. The van der Waals surface area contributed by atoms with E-state index in [1.807, 2.05) is 6.07 Å². The van der Waals surface area contributed by atoms with E-state index >= 15 is 0 Å². The van der Waals surface area contributed by atoms with Crippen LogP contribution in [0.25, 0.3) is 0 Å². The largest absolute Gasteiger partial charge is 0.303 e. The van der Waals surface area contributed by atoms with Gasteiger partial charge in [-0.2, -0.15) is 0 Å². The SMILES string of the molecule is CCCN(CCC)CC(C)c1cccc([N+](=O)[O-])c1. The molecule has 0 radical (unpaired) electrons. The van der Waals surface area contributed by atoms with Gasteiger partial charge in [-0.3, -0.25) is 10.1 Å². The summed E-state index contributed by atoms with van der Waals surface area (Å²) >= 11 is 0. The van der Waals surface area contributed by atoms with E-state index in [1.54, 1.807) is 18.2 Å². The molecule has 0 spiro atoms. The van der Waals surface area contributed by atoms with Crippen LogP contribution in [0.2, 0.25) is 0 Å². The van der Waals surface area contributed by atoms with Crippen molar-refractivity contribution in [3.05, 3.63) is 39.9 Å². The minimum atomic E-state index is -0.327. The highest BCUT2D eigenvalue weighted by atomic mass is 16.6. The van der Waals surface area contributed by atoms with E-state index in [9.17, 15) is 10.1 Å². The Morgan fingerprint density at radius 2 is 1.89 bits per heavy atom. The van der Waals surface area contributed by atoms with Crippen molar-refractivity contribution in [3.8, 4) is 0 Å². The van der Waals surface area contributed by atoms with Crippen LogP contribution in [0, 0.1) is 10.1 Å². The van der Waals surface area contributed by atoms with E-state index in [0.29, 0.717) is 5.92 Å². The smallest absolute Gasteiger partial charge is 0.269 e. The first-order chi connectivity index (χ1) is 9.08. The standard InChI is InChI=1S/C15H24N2O2/c1-4-9-16(10-5-2)12-13(3)14-7-6-8-15(11-14)17(18)19/h6-8,11,13H,4-5,9-10,12H2,1-3H3. The lowest BCUT2D eigenvalue weighted by atomic mass is 10.00. The Morgan fingerprint density at radius 3 is 2.42 bits per heavy atom. The molecule has 4 nitrogen and oxygen atoms in total. The first-order valence-electron chi connectivity index (χ1n) is 7.05. The van der Waals surface area contributed by atoms with Crippen molar-refractivity contribution in [2.75, 3.05) is 19.6 Å². The minimum Gasteiger partial charge on any atom is -0.303 e. The molecule has 0 N–H and O–H groups in total. The van der Waals surface area contributed by atoms with Gasteiger partial charge in [0, 0.05) is 18.7 Å². The number of hydrogen-bond donors (Lipinski definition) is 0. The quantitative estimate of drug-likeness (QED) is 0.529. The number of hydrogen-bond acceptors (Lipinski definition) is 3. The predicted octanol–water partition coefficient (Wildman–Crippen LogP) is 3.82. The molecule has 0 saturated carbocycles. The summed E-state index contributed by atoms with van der Waals surface area (Å²) < 4.78 is 0. The number of non-ortho nitro benzene ring substituents is 1. The van der Waals surface area contributed by atoms with E-state index in [0.717, 1.165) is 38.0 Å². The highest BCUT2D eigenvalue weighted by Crippen LogP contribution is 2.21. The molecule has 0 fully saturated rings. The second kappa shape index (κ2) is 7.89. The van der Waals surface area contributed by atoms with Crippen molar-refractivity contribution >= 4 is 5.69 Å². The average molecular weight is 264 g/mol. The lowest BCUT2D eigenvalue weighted by molar-refractivity contribution is -0.384. The first-order valence-corrected chi connectivity index (χ1v) is 7.05. The Hall–Kier alpha value is -1.42. The van der Waals surface area contributed by atoms with Crippen molar-refractivity contribution in [2.24, 2.45) is 0 Å². The molecule has 0 amide bonds. The van der Waals surface area contributed by atoms with E-state index in [4.69, 9.17) is 0 Å². The summed E-state index contributed by atoms with van der Waals surface area (Å²) in [5.74, 6) is 0.318. The lowest BCUT2D eigenvalue weighted by Gasteiger charge is -2.25. The fourth-order valence-electron chi connectivity index (χ4n) is 2.36. The molecule has 1 unspecified atom stereocenters. The summed E-state index contributed by atoms with van der Waals surface area (Å²) in [6.07, 6.45) is 2.28. The Labute approximate surface area is 115 Å². The number of rotatable bonds is 8. The third kappa shape index (κ3) is 4.99. The summed E-state index contributed by atoms with van der Waals surface area (Å²) in [7, 11) is 0. The molecule has 1 atom stereocenters. The number of nitro benzene ring substituents is 1. The predicted molar refractivity (Wildman–Crippen MR) is 78.5 cm³/mol. The van der Waals surface area contributed by atoms with Crippen LogP contribution in [0.5, 0.6) is 0 Å². The highest BCUT2D eigenvalue weighted by Gasteiger charge is 2.13. The van der Waals surface area contributed by atoms with Gasteiger partial charge in [-0.1, -0.05) is 32.9 Å². The Morgan fingerprint density at radius 1 is 1.26 bits per heavy atom. The molecule has 1 rings (SSSR count). The third-order valence-electron chi connectivity index (χ3n) is 3.26. The molecule has 0 aliphatic heterocycles. The summed E-state index contributed by atoms with van der Waals surface area (Å²) in [5, 5.41) is 10.8. The van der Waals surface area contributed by atoms with Crippen LogP contribution in [-0.2, 0) is 0 Å². The maximum atomic E-state index is 10.8. The average Bonchev–Trinajstić information content (AvgIpc) is 2.39. The van der Waals surface area contributed by atoms with Gasteiger partial charge in [0.15, 0.2) is 0 Å². The third-order valence-corrected chi connectivity index (χ3v) is 3.26. The highest BCUT2D eigenvalue weighted by molar-refractivity contribution is 5.35. The van der Waals surface area contributed by atoms with Gasteiger partial charge in [-0.05, 0) is 37.4 Å². The Balaban J connectivity index is 2.72. The monoisotopic (exact) mass is 264 g/mol. The number of nitro groups is 1. The number of benzene rings is 1. The summed E-state index contributed by atoms with van der Waals surface area (Å²) in [5.41, 5.74) is 1.23. The summed E-state index contributed by atoms with van der Waals surface area (Å²) in [6.45, 7) is 9.64. The van der Waals surface area contributed by atoms with Crippen molar-refractivity contribution in [1.82, 2.24) is 4.90 Å². The zero-order chi connectivity index (χ0) is 14.3. The van der Waals surface area contributed by atoms with Gasteiger partial charge in [-0.25, -0.2) is 0 Å². The fourth-order valence-corrected chi connectivity index (χ4v) is 2.36. The van der Waals surface area contributed by atoms with E-state index in [2.05, 4.69) is 25.7 Å². The molecule has 0 aliphatic rings. The van der Waals surface area contributed by atoms with Gasteiger partial charge in [0.2, 0.25) is 0 Å². The summed E-state index contributed by atoms with van der Waals surface area (Å²) in [4.78, 5) is 12.9. The van der Waals surface area contributed by atoms with Crippen molar-refractivity contribution in [2.45, 2.75) is 39.5 Å². The molecule has 19 heavy (non-hydrogen) atoms. The molecule has 1 aromatic carbocycles. The first kappa shape index (κ1) is 15.6. The molecule has 0 aromatic heterocycles. The van der Waals surface area contributed by atoms with Crippen LogP contribution in [0.4, 0.5) is 5.69 Å². The van der Waals surface area contributed by atoms with Crippen LogP contribution in [0.15, 0.2) is 24.3 Å². The Bertz CT molecular complexity index is 401. The van der Waals surface area contributed by atoms with Gasteiger partial charge in [0.05, 0.1) is 4.92 Å². The van der Waals surface area contributed by atoms with Gasteiger partial charge in [-0.15, -0.1) is 0 Å². The molecule has 1 aromatic rings. The van der Waals surface area contributed by atoms with Gasteiger partial charge in [0.25, 0.3) is 5.69 Å². The molecule has 106 valence electrons. The number of nitrogens with zero attached hydrogens (tertiary/aromatic N) is 2. The maximum Gasteiger partial charge on any atom is 0.269 e. The van der Waals surface area contributed by atoms with Crippen LogP contribution in [0.1, 0.15) is 45.1 Å². The van der Waals surface area contributed by atoms with Crippen LogP contribution >= 0.6 is 0 Å². The van der Waals surface area contributed by atoms with Crippen LogP contribution in [0.3, 0.4) is 0 Å². The van der Waals surface area contributed by atoms with Crippen LogP contribution in [-0.4, -0.2) is 29.5 Å². The molecular weight excluding hydrogens is 240 g/mol. The van der Waals surface area contributed by atoms with Gasteiger partial charge >= 0.3 is 0 Å². The maximum absolute atomic E-state index is 10.8. The normalized spacial score (nSPS) is 12.6. The molecular formula is C15H24N2O2. The van der Waals surface area contributed by atoms with E-state index in [-0.39, 0.29) is 10.6 Å². The Kier molecular flexibility index (Phi) is 6.50. The van der Waals surface area contributed by atoms with Crippen molar-refractivity contribution < 1.29 is 4.92 Å². The molecule has 0 bridgehead atoms. The van der Waals surface area contributed by atoms with E-state index in [1.165, 1.54) is 0 Å². The zero-order valence-corrected chi connectivity index (χ0v) is 12.1. The molecule has 0 heterocycles. The summed E-state index contributed by atoms with van der Waals surface area (Å²) in [6, 6.07) is 6.99. The molecule has 4 heteroatoms. The second-order valence-electron chi connectivity index (χ2n) is 5.05. The van der Waals surface area contributed by atoms with Crippen molar-refractivity contribution in [3.63, 3.8) is 0 Å². The van der Waals surface area contributed by atoms with Crippen LogP contribution < -0.4 is 0 Å².